The first-order valence-corrected chi connectivity index (χ1v) is 8.14. The lowest BCUT2D eigenvalue weighted by atomic mass is 10.1. The van der Waals surface area contributed by atoms with Crippen LogP contribution in [0.1, 0.15) is 40.1 Å². The van der Waals surface area contributed by atoms with Crippen molar-refractivity contribution >= 4 is 17.5 Å². The Morgan fingerprint density at radius 2 is 1.58 bits per heavy atom. The molecule has 0 bridgehead atoms. The third kappa shape index (κ3) is 4.62. The van der Waals surface area contributed by atoms with Gasteiger partial charge < -0.3 is 10.2 Å². The van der Waals surface area contributed by atoms with Crippen LogP contribution in [0, 0.1) is 0 Å². The number of anilines is 1. The average Bonchev–Trinajstić information content (AvgIpc) is 2.62. The van der Waals surface area contributed by atoms with E-state index in [1.807, 2.05) is 13.8 Å². The second-order valence-electron chi connectivity index (χ2n) is 5.59. The van der Waals surface area contributed by atoms with Gasteiger partial charge in [-0.1, -0.05) is 12.1 Å². The molecule has 0 spiro atoms. The predicted octanol–water partition coefficient (Wildman–Crippen LogP) is 4.44. The summed E-state index contributed by atoms with van der Waals surface area (Å²) in [6, 6.07) is 10.5. The van der Waals surface area contributed by atoms with Crippen LogP contribution in [0.4, 0.5) is 18.9 Å². The molecule has 2 amide bonds. The first-order valence-electron chi connectivity index (χ1n) is 8.14. The van der Waals surface area contributed by atoms with Crippen LogP contribution in [0.25, 0.3) is 0 Å². The van der Waals surface area contributed by atoms with Gasteiger partial charge in [0.05, 0.1) is 5.56 Å². The van der Waals surface area contributed by atoms with Gasteiger partial charge in [-0.25, -0.2) is 0 Å². The van der Waals surface area contributed by atoms with E-state index >= 15 is 0 Å². The van der Waals surface area contributed by atoms with Crippen LogP contribution in [0.2, 0.25) is 0 Å². The molecule has 2 aromatic carbocycles. The number of hydrogen-bond donors (Lipinski definition) is 1. The minimum atomic E-state index is -4.49. The van der Waals surface area contributed by atoms with Crippen LogP contribution >= 0.6 is 0 Å². The summed E-state index contributed by atoms with van der Waals surface area (Å²) in [5.74, 6) is -0.790. The molecule has 0 atom stereocenters. The number of carbonyl (C=O) groups excluding carboxylic acids is 2. The fraction of sp³-hybridized carbons (Fsp3) is 0.263. The SMILES string of the molecule is CCN(CC)C(=O)c1cccc(C(=O)Nc2cccc(C(F)(F)F)c2)c1. The molecule has 0 aliphatic rings. The highest BCUT2D eigenvalue weighted by molar-refractivity contribution is 6.06. The zero-order valence-electron chi connectivity index (χ0n) is 14.4. The minimum Gasteiger partial charge on any atom is -0.339 e. The van der Waals surface area contributed by atoms with Gasteiger partial charge in [-0.2, -0.15) is 13.2 Å². The third-order valence-electron chi connectivity index (χ3n) is 3.87. The number of rotatable bonds is 5. The van der Waals surface area contributed by atoms with E-state index in [1.54, 1.807) is 17.0 Å². The zero-order chi connectivity index (χ0) is 19.3. The Morgan fingerprint density at radius 1 is 0.962 bits per heavy atom. The molecule has 0 unspecified atom stereocenters. The number of hydrogen-bond acceptors (Lipinski definition) is 2. The van der Waals surface area contributed by atoms with E-state index in [1.165, 1.54) is 24.3 Å². The van der Waals surface area contributed by atoms with Gasteiger partial charge in [0, 0.05) is 29.9 Å². The molecule has 0 fully saturated rings. The van der Waals surface area contributed by atoms with E-state index in [2.05, 4.69) is 5.32 Å². The predicted molar refractivity (Wildman–Crippen MR) is 93.1 cm³/mol. The highest BCUT2D eigenvalue weighted by atomic mass is 19.4. The largest absolute Gasteiger partial charge is 0.416 e. The van der Waals surface area contributed by atoms with Crippen molar-refractivity contribution in [3.63, 3.8) is 0 Å². The number of amides is 2. The Labute approximate surface area is 149 Å². The fourth-order valence-corrected chi connectivity index (χ4v) is 2.46. The van der Waals surface area contributed by atoms with Gasteiger partial charge in [-0.3, -0.25) is 9.59 Å². The quantitative estimate of drug-likeness (QED) is 0.853. The van der Waals surface area contributed by atoms with Crippen LogP contribution in [0.15, 0.2) is 48.5 Å². The van der Waals surface area contributed by atoms with Crippen molar-refractivity contribution in [3.05, 3.63) is 65.2 Å². The number of halogens is 3. The summed E-state index contributed by atoms with van der Waals surface area (Å²) in [5.41, 5.74) is -0.267. The Kier molecular flexibility index (Phi) is 6.02. The monoisotopic (exact) mass is 364 g/mol. The van der Waals surface area contributed by atoms with Crippen LogP contribution < -0.4 is 5.32 Å². The average molecular weight is 364 g/mol. The number of nitrogens with one attached hydrogen (secondary N) is 1. The lowest BCUT2D eigenvalue weighted by Crippen LogP contribution is -2.30. The first-order chi connectivity index (χ1) is 12.3. The molecule has 0 aliphatic heterocycles. The maximum atomic E-state index is 12.8. The summed E-state index contributed by atoms with van der Waals surface area (Å²) in [5, 5.41) is 2.43. The van der Waals surface area contributed by atoms with Crippen molar-refractivity contribution < 1.29 is 22.8 Å². The number of nitrogens with zero attached hydrogens (tertiary/aromatic N) is 1. The van der Waals surface area contributed by atoms with Crippen molar-refractivity contribution in [1.82, 2.24) is 4.90 Å². The zero-order valence-corrected chi connectivity index (χ0v) is 14.4. The molecule has 0 saturated heterocycles. The van der Waals surface area contributed by atoms with Gasteiger partial charge in [0.2, 0.25) is 0 Å². The van der Waals surface area contributed by atoms with E-state index in [-0.39, 0.29) is 17.2 Å². The molecular weight excluding hydrogens is 345 g/mol. The van der Waals surface area contributed by atoms with Crippen molar-refractivity contribution in [1.29, 1.82) is 0 Å². The van der Waals surface area contributed by atoms with E-state index in [4.69, 9.17) is 0 Å². The molecule has 2 aromatic rings. The van der Waals surface area contributed by atoms with Gasteiger partial charge >= 0.3 is 6.18 Å². The second kappa shape index (κ2) is 8.03. The van der Waals surface area contributed by atoms with Crippen molar-refractivity contribution in [3.8, 4) is 0 Å². The third-order valence-corrected chi connectivity index (χ3v) is 3.87. The number of carbonyl (C=O) groups is 2. The summed E-state index contributed by atoms with van der Waals surface area (Å²) in [6.07, 6.45) is -4.49. The summed E-state index contributed by atoms with van der Waals surface area (Å²) in [7, 11) is 0. The molecule has 1 N–H and O–H groups in total. The van der Waals surface area contributed by atoms with E-state index in [9.17, 15) is 22.8 Å². The van der Waals surface area contributed by atoms with Gasteiger partial charge in [0.1, 0.15) is 0 Å². The molecule has 26 heavy (non-hydrogen) atoms. The fourth-order valence-electron chi connectivity index (χ4n) is 2.46. The Bertz CT molecular complexity index is 799. The van der Waals surface area contributed by atoms with Crippen molar-refractivity contribution in [2.45, 2.75) is 20.0 Å². The molecule has 2 rings (SSSR count). The van der Waals surface area contributed by atoms with Crippen LogP contribution in [-0.4, -0.2) is 29.8 Å². The maximum absolute atomic E-state index is 12.8. The summed E-state index contributed by atoms with van der Waals surface area (Å²) in [6.45, 7) is 4.78. The Balaban J connectivity index is 2.21. The van der Waals surface area contributed by atoms with Crippen molar-refractivity contribution in [2.24, 2.45) is 0 Å². The smallest absolute Gasteiger partial charge is 0.339 e. The molecule has 0 radical (unpaired) electrons. The highest BCUT2D eigenvalue weighted by Crippen LogP contribution is 2.30. The van der Waals surface area contributed by atoms with Crippen LogP contribution in [0.5, 0.6) is 0 Å². The van der Waals surface area contributed by atoms with E-state index in [0.717, 1.165) is 12.1 Å². The van der Waals surface area contributed by atoms with E-state index in [0.29, 0.717) is 18.7 Å². The Hall–Kier alpha value is -2.83. The number of alkyl halides is 3. The lowest BCUT2D eigenvalue weighted by Gasteiger charge is -2.18. The molecule has 0 aromatic heterocycles. The molecule has 0 saturated carbocycles. The van der Waals surface area contributed by atoms with Crippen LogP contribution in [-0.2, 0) is 6.18 Å². The van der Waals surface area contributed by atoms with E-state index < -0.39 is 17.6 Å². The standard InChI is InChI=1S/C19H19F3N2O2/c1-3-24(4-2)18(26)14-8-5-7-13(11-14)17(25)23-16-10-6-9-15(12-16)19(20,21)22/h5-12H,3-4H2,1-2H3,(H,23,25). The van der Waals surface area contributed by atoms with Crippen molar-refractivity contribution in [2.75, 3.05) is 18.4 Å². The Morgan fingerprint density at radius 3 is 2.19 bits per heavy atom. The molecule has 0 aliphatic carbocycles. The van der Waals surface area contributed by atoms with Gasteiger partial charge in [-0.15, -0.1) is 0 Å². The van der Waals surface area contributed by atoms with Gasteiger partial charge in [-0.05, 0) is 50.2 Å². The van der Waals surface area contributed by atoms with Gasteiger partial charge in [0.15, 0.2) is 0 Å². The topological polar surface area (TPSA) is 49.4 Å². The normalized spacial score (nSPS) is 11.1. The first kappa shape index (κ1) is 19.5. The molecule has 7 heteroatoms. The maximum Gasteiger partial charge on any atom is 0.416 e. The number of benzene rings is 2. The molecule has 4 nitrogen and oxygen atoms in total. The highest BCUT2D eigenvalue weighted by Gasteiger charge is 2.30. The summed E-state index contributed by atoms with van der Waals surface area (Å²) >= 11 is 0. The molecular formula is C19H19F3N2O2. The second-order valence-corrected chi connectivity index (χ2v) is 5.59. The molecule has 138 valence electrons. The van der Waals surface area contributed by atoms with Gasteiger partial charge in [0.25, 0.3) is 11.8 Å². The lowest BCUT2D eigenvalue weighted by molar-refractivity contribution is -0.137. The summed E-state index contributed by atoms with van der Waals surface area (Å²) in [4.78, 5) is 26.3. The minimum absolute atomic E-state index is 0.0327. The summed E-state index contributed by atoms with van der Waals surface area (Å²) < 4.78 is 38.3. The molecule has 0 heterocycles. The van der Waals surface area contributed by atoms with Crippen LogP contribution in [0.3, 0.4) is 0 Å².